The molecule has 1 aromatic carbocycles. The van der Waals surface area contributed by atoms with Gasteiger partial charge in [0.2, 0.25) is 5.91 Å². The fourth-order valence-electron chi connectivity index (χ4n) is 2.26. The molecule has 0 unspecified atom stereocenters. The van der Waals surface area contributed by atoms with Gasteiger partial charge in [0.15, 0.2) is 0 Å². The zero-order chi connectivity index (χ0) is 13.1. The van der Waals surface area contributed by atoms with Crippen molar-refractivity contribution < 1.29 is 4.79 Å². The molecule has 1 aliphatic rings. The van der Waals surface area contributed by atoms with Gasteiger partial charge in [0.25, 0.3) is 0 Å². The van der Waals surface area contributed by atoms with Gasteiger partial charge in [-0.05, 0) is 29.9 Å². The van der Waals surface area contributed by atoms with E-state index in [0.717, 1.165) is 18.4 Å². The van der Waals surface area contributed by atoms with Gasteiger partial charge in [0.05, 0.1) is 6.42 Å². The Morgan fingerprint density at radius 3 is 2.37 bits per heavy atom. The molecule has 0 atom stereocenters. The average molecular weight is 283 g/mol. The summed E-state index contributed by atoms with van der Waals surface area (Å²) in [5.41, 5.74) is 8.07. The zero-order valence-electron chi connectivity index (χ0n) is 11.6. The SMILES string of the molecule is CC(C)c1ccc(CC(=O)NC2CC(N)C2)cc1.Cl. The molecular formula is C15H23ClN2O. The molecule has 0 saturated heterocycles. The number of amides is 1. The number of halogens is 1. The minimum Gasteiger partial charge on any atom is -0.353 e. The number of carbonyl (C=O) groups excluding carboxylic acids is 1. The van der Waals surface area contributed by atoms with Gasteiger partial charge < -0.3 is 11.1 Å². The number of hydrogen-bond acceptors (Lipinski definition) is 2. The summed E-state index contributed by atoms with van der Waals surface area (Å²) in [6.07, 6.45) is 2.29. The van der Waals surface area contributed by atoms with Gasteiger partial charge in [0, 0.05) is 12.1 Å². The van der Waals surface area contributed by atoms with Crippen LogP contribution >= 0.6 is 12.4 Å². The van der Waals surface area contributed by atoms with Crippen LogP contribution in [0.2, 0.25) is 0 Å². The van der Waals surface area contributed by atoms with Crippen LogP contribution in [0.4, 0.5) is 0 Å². The van der Waals surface area contributed by atoms with Crippen molar-refractivity contribution in [3.05, 3.63) is 35.4 Å². The molecule has 1 aromatic rings. The van der Waals surface area contributed by atoms with Crippen LogP contribution in [-0.2, 0) is 11.2 Å². The first-order valence-electron chi connectivity index (χ1n) is 6.68. The Kier molecular flexibility index (Phi) is 5.83. The second-order valence-corrected chi connectivity index (χ2v) is 5.57. The van der Waals surface area contributed by atoms with Crippen LogP contribution in [0.15, 0.2) is 24.3 Å². The van der Waals surface area contributed by atoms with Crippen molar-refractivity contribution in [3.8, 4) is 0 Å². The molecule has 1 fully saturated rings. The van der Waals surface area contributed by atoms with Crippen LogP contribution in [0.5, 0.6) is 0 Å². The number of hydrogen-bond donors (Lipinski definition) is 2. The minimum absolute atomic E-state index is 0. The Bertz CT molecular complexity index is 411. The maximum Gasteiger partial charge on any atom is 0.224 e. The van der Waals surface area contributed by atoms with Crippen molar-refractivity contribution in [3.63, 3.8) is 0 Å². The van der Waals surface area contributed by atoms with Gasteiger partial charge in [-0.15, -0.1) is 12.4 Å². The summed E-state index contributed by atoms with van der Waals surface area (Å²) in [5.74, 6) is 0.633. The quantitative estimate of drug-likeness (QED) is 0.891. The molecule has 1 aliphatic carbocycles. The summed E-state index contributed by atoms with van der Waals surface area (Å²) in [6, 6.07) is 8.87. The second-order valence-electron chi connectivity index (χ2n) is 5.57. The van der Waals surface area contributed by atoms with E-state index < -0.39 is 0 Å². The van der Waals surface area contributed by atoms with Gasteiger partial charge in [-0.25, -0.2) is 0 Å². The van der Waals surface area contributed by atoms with Crippen LogP contribution < -0.4 is 11.1 Å². The summed E-state index contributed by atoms with van der Waals surface area (Å²) in [7, 11) is 0. The van der Waals surface area contributed by atoms with Crippen molar-refractivity contribution in [2.45, 2.75) is 51.1 Å². The van der Waals surface area contributed by atoms with E-state index in [9.17, 15) is 4.79 Å². The molecule has 0 bridgehead atoms. The molecule has 106 valence electrons. The van der Waals surface area contributed by atoms with Crippen molar-refractivity contribution in [1.82, 2.24) is 5.32 Å². The van der Waals surface area contributed by atoms with Crippen LogP contribution in [0.25, 0.3) is 0 Å². The van der Waals surface area contributed by atoms with Crippen molar-refractivity contribution in [2.75, 3.05) is 0 Å². The Balaban J connectivity index is 0.00000180. The second kappa shape index (κ2) is 6.92. The Morgan fingerprint density at radius 2 is 1.89 bits per heavy atom. The van der Waals surface area contributed by atoms with Gasteiger partial charge in [-0.1, -0.05) is 38.1 Å². The van der Waals surface area contributed by atoms with Gasteiger partial charge in [-0.2, -0.15) is 0 Å². The third-order valence-electron chi connectivity index (χ3n) is 3.55. The highest BCUT2D eigenvalue weighted by Crippen LogP contribution is 2.18. The standard InChI is InChI=1S/C15H22N2O.ClH/c1-10(2)12-5-3-11(4-6-12)7-15(18)17-14-8-13(16)9-14;/h3-6,10,13-14H,7-9,16H2,1-2H3,(H,17,18);1H. The monoisotopic (exact) mass is 282 g/mol. The van der Waals surface area contributed by atoms with Crippen molar-refractivity contribution in [1.29, 1.82) is 0 Å². The molecule has 1 saturated carbocycles. The van der Waals surface area contributed by atoms with E-state index in [0.29, 0.717) is 18.4 Å². The largest absolute Gasteiger partial charge is 0.353 e. The highest BCUT2D eigenvalue weighted by molar-refractivity contribution is 5.85. The molecule has 2 rings (SSSR count). The van der Waals surface area contributed by atoms with Gasteiger partial charge >= 0.3 is 0 Å². The van der Waals surface area contributed by atoms with E-state index in [2.05, 4.69) is 31.3 Å². The zero-order valence-corrected chi connectivity index (χ0v) is 12.4. The highest BCUT2D eigenvalue weighted by Gasteiger charge is 2.26. The Morgan fingerprint density at radius 1 is 1.32 bits per heavy atom. The maximum atomic E-state index is 11.8. The molecule has 1 amide bonds. The number of rotatable bonds is 4. The molecule has 19 heavy (non-hydrogen) atoms. The van der Waals surface area contributed by atoms with Crippen molar-refractivity contribution >= 4 is 18.3 Å². The van der Waals surface area contributed by atoms with Gasteiger partial charge in [0.1, 0.15) is 0 Å². The van der Waals surface area contributed by atoms with E-state index in [-0.39, 0.29) is 24.4 Å². The number of nitrogens with two attached hydrogens (primary N) is 1. The Labute approximate surface area is 121 Å². The lowest BCUT2D eigenvalue weighted by atomic mass is 9.87. The summed E-state index contributed by atoms with van der Waals surface area (Å²) in [5, 5.41) is 3.01. The number of nitrogens with one attached hydrogen (secondary N) is 1. The van der Waals surface area contributed by atoms with Crippen LogP contribution in [0.1, 0.15) is 43.7 Å². The Hall–Kier alpha value is -1.06. The predicted molar refractivity (Wildman–Crippen MR) is 80.6 cm³/mol. The van der Waals surface area contributed by atoms with E-state index >= 15 is 0 Å². The molecule has 4 heteroatoms. The summed E-state index contributed by atoms with van der Waals surface area (Å²) >= 11 is 0. The molecule has 0 spiro atoms. The topological polar surface area (TPSA) is 55.1 Å². The molecular weight excluding hydrogens is 260 g/mol. The fraction of sp³-hybridized carbons (Fsp3) is 0.533. The van der Waals surface area contributed by atoms with Crippen LogP contribution in [0, 0.1) is 0 Å². The lowest BCUT2D eigenvalue weighted by Gasteiger charge is -2.32. The first kappa shape index (κ1) is 16.0. The minimum atomic E-state index is 0. The highest BCUT2D eigenvalue weighted by atomic mass is 35.5. The molecule has 0 aromatic heterocycles. The first-order chi connectivity index (χ1) is 8.54. The van der Waals surface area contributed by atoms with E-state index in [1.807, 2.05) is 12.1 Å². The third kappa shape index (κ3) is 4.51. The molecule has 3 N–H and O–H groups in total. The van der Waals surface area contributed by atoms with Crippen LogP contribution in [0.3, 0.4) is 0 Å². The molecule has 0 heterocycles. The number of carbonyl (C=O) groups is 1. The normalized spacial score (nSPS) is 21.5. The number of benzene rings is 1. The predicted octanol–water partition coefficient (Wildman–Crippen LogP) is 2.38. The van der Waals surface area contributed by atoms with Crippen LogP contribution in [-0.4, -0.2) is 18.0 Å². The summed E-state index contributed by atoms with van der Waals surface area (Å²) in [6.45, 7) is 4.34. The lowest BCUT2D eigenvalue weighted by Crippen LogP contribution is -2.50. The first-order valence-corrected chi connectivity index (χ1v) is 6.68. The van der Waals surface area contributed by atoms with E-state index in [1.165, 1.54) is 5.56 Å². The van der Waals surface area contributed by atoms with Crippen molar-refractivity contribution in [2.24, 2.45) is 5.73 Å². The molecule has 3 nitrogen and oxygen atoms in total. The smallest absolute Gasteiger partial charge is 0.224 e. The summed E-state index contributed by atoms with van der Waals surface area (Å²) in [4.78, 5) is 11.8. The third-order valence-corrected chi connectivity index (χ3v) is 3.55. The van der Waals surface area contributed by atoms with E-state index in [1.54, 1.807) is 0 Å². The summed E-state index contributed by atoms with van der Waals surface area (Å²) < 4.78 is 0. The van der Waals surface area contributed by atoms with Gasteiger partial charge in [-0.3, -0.25) is 4.79 Å². The molecule has 0 aliphatic heterocycles. The fourth-order valence-corrected chi connectivity index (χ4v) is 2.26. The lowest BCUT2D eigenvalue weighted by molar-refractivity contribution is -0.121. The van der Waals surface area contributed by atoms with E-state index in [4.69, 9.17) is 5.73 Å². The average Bonchev–Trinajstić information content (AvgIpc) is 2.27. The molecule has 0 radical (unpaired) electrons. The maximum absolute atomic E-state index is 11.8.